The van der Waals surface area contributed by atoms with Gasteiger partial charge in [-0.3, -0.25) is 14.3 Å². The molecule has 110 valence electrons. The summed E-state index contributed by atoms with van der Waals surface area (Å²) < 4.78 is 1.42. The Bertz CT molecular complexity index is 925. The van der Waals surface area contributed by atoms with Crippen LogP contribution in [0.4, 0.5) is 0 Å². The highest BCUT2D eigenvalue weighted by molar-refractivity contribution is 7.71. The SMILES string of the molecule is O=c1[nH]c(=S)n(-c2ccc(Cl)cc2)c(O)c1C=C1C=NC=N1. The van der Waals surface area contributed by atoms with Gasteiger partial charge in [-0.15, -0.1) is 0 Å². The fourth-order valence-electron chi connectivity index (χ4n) is 1.96. The van der Waals surface area contributed by atoms with E-state index in [1.54, 1.807) is 24.3 Å². The van der Waals surface area contributed by atoms with Gasteiger partial charge in [0.15, 0.2) is 4.77 Å². The van der Waals surface area contributed by atoms with Gasteiger partial charge in [-0.2, -0.15) is 0 Å². The van der Waals surface area contributed by atoms with Gasteiger partial charge in [0.2, 0.25) is 5.88 Å². The van der Waals surface area contributed by atoms with E-state index in [0.717, 1.165) is 0 Å². The zero-order chi connectivity index (χ0) is 15.7. The fraction of sp³-hybridized carbons (Fsp3) is 0. The second-order valence-electron chi connectivity index (χ2n) is 4.40. The molecule has 22 heavy (non-hydrogen) atoms. The van der Waals surface area contributed by atoms with E-state index in [1.807, 2.05) is 0 Å². The molecule has 0 aliphatic carbocycles. The quantitative estimate of drug-likeness (QED) is 0.829. The van der Waals surface area contributed by atoms with Crippen molar-refractivity contribution in [2.75, 3.05) is 0 Å². The Balaban J connectivity index is 2.24. The number of rotatable bonds is 2. The number of hydrogen-bond acceptors (Lipinski definition) is 5. The first-order valence-electron chi connectivity index (χ1n) is 6.18. The molecule has 2 heterocycles. The zero-order valence-electron chi connectivity index (χ0n) is 11.0. The van der Waals surface area contributed by atoms with Crippen molar-refractivity contribution >= 4 is 42.4 Å². The Morgan fingerprint density at radius 2 is 2.05 bits per heavy atom. The number of hydrogen-bond donors (Lipinski definition) is 2. The molecular weight excluding hydrogens is 324 g/mol. The highest BCUT2D eigenvalue weighted by Crippen LogP contribution is 2.22. The van der Waals surface area contributed by atoms with Crippen molar-refractivity contribution < 1.29 is 5.11 Å². The first-order valence-corrected chi connectivity index (χ1v) is 6.96. The molecule has 0 radical (unpaired) electrons. The normalized spacial score (nSPS) is 14.9. The van der Waals surface area contributed by atoms with Crippen LogP contribution in [0.15, 0.2) is 44.7 Å². The van der Waals surface area contributed by atoms with Crippen LogP contribution < -0.4 is 5.56 Å². The molecule has 2 N–H and O–H groups in total. The summed E-state index contributed by atoms with van der Waals surface area (Å²) in [4.78, 5) is 22.3. The maximum Gasteiger partial charge on any atom is 0.262 e. The Labute approximate surface area is 134 Å². The van der Waals surface area contributed by atoms with Crippen LogP contribution in [0.3, 0.4) is 0 Å². The minimum atomic E-state index is -0.504. The van der Waals surface area contributed by atoms with Gasteiger partial charge in [0.25, 0.3) is 5.56 Å². The summed E-state index contributed by atoms with van der Waals surface area (Å²) in [6, 6.07) is 6.69. The Hall–Kier alpha value is -2.51. The van der Waals surface area contributed by atoms with Crippen LogP contribution in [0.1, 0.15) is 5.56 Å². The molecule has 0 fully saturated rings. The smallest absolute Gasteiger partial charge is 0.262 e. The summed E-state index contributed by atoms with van der Waals surface area (Å²) in [5.74, 6) is -0.279. The largest absolute Gasteiger partial charge is 0.494 e. The Morgan fingerprint density at radius 3 is 2.68 bits per heavy atom. The average molecular weight is 333 g/mol. The van der Waals surface area contributed by atoms with Gasteiger partial charge in [0.05, 0.1) is 17.6 Å². The molecule has 1 aliphatic rings. The van der Waals surface area contributed by atoms with Crippen LogP contribution in [0, 0.1) is 4.77 Å². The number of aromatic hydroxyl groups is 1. The predicted octanol–water partition coefficient (Wildman–Crippen LogP) is 2.71. The topological polar surface area (TPSA) is 82.7 Å². The van der Waals surface area contributed by atoms with Gasteiger partial charge in [-0.1, -0.05) is 11.6 Å². The van der Waals surface area contributed by atoms with E-state index >= 15 is 0 Å². The predicted molar refractivity (Wildman–Crippen MR) is 88.9 cm³/mol. The van der Waals surface area contributed by atoms with E-state index in [2.05, 4.69) is 15.0 Å². The number of aromatic nitrogens is 2. The lowest BCUT2D eigenvalue weighted by molar-refractivity contribution is 0.432. The van der Waals surface area contributed by atoms with E-state index in [0.29, 0.717) is 16.4 Å². The molecule has 1 aromatic carbocycles. The summed E-state index contributed by atoms with van der Waals surface area (Å²) in [6.07, 6.45) is 4.27. The van der Waals surface area contributed by atoms with Crippen LogP contribution in [0.2, 0.25) is 5.02 Å². The van der Waals surface area contributed by atoms with Crippen molar-refractivity contribution in [3.63, 3.8) is 0 Å². The third-order valence-electron chi connectivity index (χ3n) is 2.98. The van der Waals surface area contributed by atoms with Crippen LogP contribution in [0.5, 0.6) is 5.88 Å². The molecule has 8 heteroatoms. The maximum absolute atomic E-state index is 12.0. The molecule has 0 amide bonds. The molecule has 0 saturated heterocycles. The van der Waals surface area contributed by atoms with Crippen molar-refractivity contribution in [2.45, 2.75) is 0 Å². The molecule has 1 aliphatic heterocycles. The van der Waals surface area contributed by atoms with Gasteiger partial charge in [-0.05, 0) is 42.6 Å². The summed E-state index contributed by atoms with van der Waals surface area (Å²) >= 11 is 11.0. The summed E-state index contributed by atoms with van der Waals surface area (Å²) in [5, 5.41) is 11.0. The molecule has 2 aromatic rings. The number of halogens is 1. The summed E-state index contributed by atoms with van der Waals surface area (Å²) in [7, 11) is 0. The molecule has 0 saturated carbocycles. The standard InChI is InChI=1S/C14H9ClN4O2S/c15-8-1-3-10(4-2-8)19-13(21)11(12(20)18-14(19)22)5-9-6-16-7-17-9/h1-7,21H,(H,18,20,22). The van der Waals surface area contributed by atoms with E-state index in [-0.39, 0.29) is 16.2 Å². The van der Waals surface area contributed by atoms with E-state index in [1.165, 1.54) is 23.2 Å². The maximum atomic E-state index is 12.0. The van der Waals surface area contributed by atoms with Crippen molar-refractivity contribution in [1.82, 2.24) is 9.55 Å². The van der Waals surface area contributed by atoms with Crippen LogP contribution in [-0.2, 0) is 0 Å². The summed E-state index contributed by atoms with van der Waals surface area (Å²) in [5.41, 5.74) is 0.576. The molecule has 0 atom stereocenters. The van der Waals surface area contributed by atoms with E-state index < -0.39 is 5.56 Å². The number of aromatic amines is 1. The average Bonchev–Trinajstić information content (AvgIpc) is 2.98. The second-order valence-corrected chi connectivity index (χ2v) is 5.22. The van der Waals surface area contributed by atoms with Crippen molar-refractivity contribution in [3.05, 3.63) is 55.7 Å². The third kappa shape index (κ3) is 2.63. The first-order chi connectivity index (χ1) is 10.6. The molecule has 1 aromatic heterocycles. The number of benzene rings is 1. The monoisotopic (exact) mass is 332 g/mol. The highest BCUT2D eigenvalue weighted by atomic mass is 35.5. The van der Waals surface area contributed by atoms with Crippen molar-refractivity contribution in [2.24, 2.45) is 9.98 Å². The van der Waals surface area contributed by atoms with Gasteiger partial charge >= 0.3 is 0 Å². The number of allylic oxidation sites excluding steroid dienone is 1. The lowest BCUT2D eigenvalue weighted by Gasteiger charge is -2.11. The van der Waals surface area contributed by atoms with E-state index in [9.17, 15) is 9.90 Å². The number of nitrogens with zero attached hydrogens (tertiary/aromatic N) is 3. The van der Waals surface area contributed by atoms with Crippen molar-refractivity contribution in [1.29, 1.82) is 0 Å². The first kappa shape index (κ1) is 14.4. The lowest BCUT2D eigenvalue weighted by Crippen LogP contribution is -2.16. The molecule has 0 spiro atoms. The molecule has 0 bridgehead atoms. The molecule has 3 rings (SSSR count). The molecule has 0 unspecified atom stereocenters. The number of aliphatic imine (C=N–C) groups is 2. The van der Waals surface area contributed by atoms with Crippen LogP contribution >= 0.6 is 23.8 Å². The van der Waals surface area contributed by atoms with Crippen LogP contribution in [-0.4, -0.2) is 27.2 Å². The second kappa shape index (κ2) is 5.70. The fourth-order valence-corrected chi connectivity index (χ4v) is 2.37. The lowest BCUT2D eigenvalue weighted by atomic mass is 10.2. The molecular formula is C14H9ClN4O2S. The van der Waals surface area contributed by atoms with Crippen molar-refractivity contribution in [3.8, 4) is 11.6 Å². The Kier molecular flexibility index (Phi) is 3.74. The Morgan fingerprint density at radius 1 is 1.32 bits per heavy atom. The zero-order valence-corrected chi connectivity index (χ0v) is 12.6. The van der Waals surface area contributed by atoms with Gasteiger partial charge in [0, 0.05) is 5.02 Å². The number of H-pyrrole nitrogens is 1. The summed E-state index contributed by atoms with van der Waals surface area (Å²) in [6.45, 7) is 0. The highest BCUT2D eigenvalue weighted by Gasteiger charge is 2.13. The number of nitrogens with one attached hydrogen (secondary N) is 1. The molecule has 6 nitrogen and oxygen atoms in total. The van der Waals surface area contributed by atoms with E-state index in [4.69, 9.17) is 23.8 Å². The third-order valence-corrected chi connectivity index (χ3v) is 3.51. The van der Waals surface area contributed by atoms with Gasteiger partial charge < -0.3 is 5.11 Å². The van der Waals surface area contributed by atoms with Crippen LogP contribution in [0.25, 0.3) is 11.8 Å². The van der Waals surface area contributed by atoms with Gasteiger partial charge in [0.1, 0.15) is 11.9 Å². The minimum absolute atomic E-state index is 0.0454. The van der Waals surface area contributed by atoms with Gasteiger partial charge in [-0.25, -0.2) is 9.98 Å². The minimum Gasteiger partial charge on any atom is -0.494 e.